The lowest BCUT2D eigenvalue weighted by Gasteiger charge is -2.28. The molecule has 1 heterocycles. The minimum absolute atomic E-state index is 0.0759. The number of ether oxygens (including phenoxy) is 2. The maximum absolute atomic E-state index is 5.96. The maximum atomic E-state index is 5.96. The maximum Gasteiger partial charge on any atom is 0.0838 e. The van der Waals surface area contributed by atoms with E-state index in [0.29, 0.717) is 6.10 Å². The Morgan fingerprint density at radius 2 is 2.29 bits per heavy atom. The van der Waals surface area contributed by atoms with E-state index in [9.17, 15) is 0 Å². The van der Waals surface area contributed by atoms with Crippen molar-refractivity contribution in [3.63, 3.8) is 0 Å². The summed E-state index contributed by atoms with van der Waals surface area (Å²) in [6, 6.07) is 0. The second kappa shape index (κ2) is 5.69. The van der Waals surface area contributed by atoms with Gasteiger partial charge in [-0.25, -0.2) is 0 Å². The van der Waals surface area contributed by atoms with E-state index in [2.05, 4.69) is 26.1 Å². The first-order chi connectivity index (χ1) is 6.64. The SMILES string of the molecule is CCCNCC(C)(C)OC1CCOC1. The topological polar surface area (TPSA) is 30.5 Å². The first-order valence-corrected chi connectivity index (χ1v) is 5.60. The molecule has 1 aliphatic heterocycles. The molecule has 0 bridgehead atoms. The van der Waals surface area contributed by atoms with Crippen molar-refractivity contribution in [3.05, 3.63) is 0 Å². The molecule has 1 rings (SSSR count). The van der Waals surface area contributed by atoms with E-state index in [-0.39, 0.29) is 5.60 Å². The average molecular weight is 201 g/mol. The quantitative estimate of drug-likeness (QED) is 0.662. The van der Waals surface area contributed by atoms with E-state index < -0.39 is 0 Å². The highest BCUT2D eigenvalue weighted by Gasteiger charge is 2.25. The summed E-state index contributed by atoms with van der Waals surface area (Å²) >= 11 is 0. The summed E-state index contributed by atoms with van der Waals surface area (Å²) in [5, 5.41) is 3.38. The smallest absolute Gasteiger partial charge is 0.0838 e. The highest BCUT2D eigenvalue weighted by Crippen LogP contribution is 2.17. The summed E-state index contributed by atoms with van der Waals surface area (Å²) in [6.07, 6.45) is 2.51. The van der Waals surface area contributed by atoms with Crippen LogP contribution in [0, 0.1) is 0 Å². The minimum atomic E-state index is -0.0759. The molecule has 84 valence electrons. The Morgan fingerprint density at radius 3 is 2.86 bits per heavy atom. The van der Waals surface area contributed by atoms with Crippen LogP contribution in [0.4, 0.5) is 0 Å². The summed E-state index contributed by atoms with van der Waals surface area (Å²) in [4.78, 5) is 0. The fourth-order valence-corrected chi connectivity index (χ4v) is 1.66. The summed E-state index contributed by atoms with van der Waals surface area (Å²) in [5.74, 6) is 0. The van der Waals surface area contributed by atoms with E-state index >= 15 is 0 Å². The van der Waals surface area contributed by atoms with Gasteiger partial charge < -0.3 is 14.8 Å². The van der Waals surface area contributed by atoms with Gasteiger partial charge in [-0.15, -0.1) is 0 Å². The molecule has 0 aromatic rings. The summed E-state index contributed by atoms with van der Waals surface area (Å²) in [5.41, 5.74) is -0.0759. The van der Waals surface area contributed by atoms with Gasteiger partial charge in [0.1, 0.15) is 0 Å². The Bertz CT molecular complexity index is 153. The van der Waals surface area contributed by atoms with Crippen molar-refractivity contribution in [2.24, 2.45) is 0 Å². The molecular formula is C11H23NO2. The van der Waals surface area contributed by atoms with Gasteiger partial charge in [0.2, 0.25) is 0 Å². The van der Waals surface area contributed by atoms with Crippen LogP contribution in [0.1, 0.15) is 33.6 Å². The highest BCUT2D eigenvalue weighted by atomic mass is 16.6. The zero-order valence-electron chi connectivity index (χ0n) is 9.64. The molecule has 1 saturated heterocycles. The molecule has 3 heteroatoms. The second-order valence-corrected chi connectivity index (χ2v) is 4.54. The van der Waals surface area contributed by atoms with Crippen molar-refractivity contribution in [1.82, 2.24) is 5.32 Å². The van der Waals surface area contributed by atoms with E-state index in [4.69, 9.17) is 9.47 Å². The molecule has 0 aromatic carbocycles. The van der Waals surface area contributed by atoms with Gasteiger partial charge in [0.25, 0.3) is 0 Å². The van der Waals surface area contributed by atoms with Gasteiger partial charge in [-0.2, -0.15) is 0 Å². The van der Waals surface area contributed by atoms with Crippen LogP contribution in [-0.4, -0.2) is 38.0 Å². The molecule has 0 spiro atoms. The van der Waals surface area contributed by atoms with E-state index in [0.717, 1.165) is 32.7 Å². The third-order valence-electron chi connectivity index (χ3n) is 2.35. The Kier molecular flexibility index (Phi) is 4.85. The molecule has 1 aliphatic rings. The molecule has 0 saturated carbocycles. The average Bonchev–Trinajstić information content (AvgIpc) is 2.56. The van der Waals surface area contributed by atoms with Gasteiger partial charge in [0.05, 0.1) is 18.3 Å². The largest absolute Gasteiger partial charge is 0.379 e. The zero-order valence-corrected chi connectivity index (χ0v) is 9.64. The first kappa shape index (κ1) is 12.0. The van der Waals surface area contributed by atoms with Crippen LogP contribution < -0.4 is 5.32 Å². The molecule has 14 heavy (non-hydrogen) atoms. The van der Waals surface area contributed by atoms with Crippen molar-refractivity contribution in [2.45, 2.75) is 45.3 Å². The lowest BCUT2D eigenvalue weighted by Crippen LogP contribution is -2.41. The molecule has 0 aromatic heterocycles. The lowest BCUT2D eigenvalue weighted by molar-refractivity contribution is -0.0702. The van der Waals surface area contributed by atoms with Gasteiger partial charge >= 0.3 is 0 Å². The van der Waals surface area contributed by atoms with Gasteiger partial charge in [0, 0.05) is 13.2 Å². The lowest BCUT2D eigenvalue weighted by atomic mass is 10.1. The van der Waals surface area contributed by atoms with Crippen LogP contribution in [0.15, 0.2) is 0 Å². The molecule has 0 amide bonds. The Balaban J connectivity index is 2.18. The van der Waals surface area contributed by atoms with Crippen LogP contribution in [0.3, 0.4) is 0 Å². The van der Waals surface area contributed by atoms with Crippen LogP contribution in [0.5, 0.6) is 0 Å². The molecule has 1 N–H and O–H groups in total. The number of rotatable bonds is 6. The van der Waals surface area contributed by atoms with Gasteiger partial charge in [-0.3, -0.25) is 0 Å². The third kappa shape index (κ3) is 4.40. The van der Waals surface area contributed by atoms with Crippen molar-refractivity contribution >= 4 is 0 Å². The Morgan fingerprint density at radius 1 is 1.50 bits per heavy atom. The van der Waals surface area contributed by atoms with Crippen molar-refractivity contribution in [3.8, 4) is 0 Å². The van der Waals surface area contributed by atoms with E-state index in [1.54, 1.807) is 0 Å². The molecular weight excluding hydrogens is 178 g/mol. The van der Waals surface area contributed by atoms with Crippen LogP contribution in [0.25, 0.3) is 0 Å². The number of hydrogen-bond acceptors (Lipinski definition) is 3. The molecule has 0 radical (unpaired) electrons. The molecule has 1 fully saturated rings. The highest BCUT2D eigenvalue weighted by molar-refractivity contribution is 4.76. The standard InChI is InChI=1S/C11H23NO2/c1-4-6-12-9-11(2,3)14-10-5-7-13-8-10/h10,12H,4-9H2,1-3H3. The normalized spacial score (nSPS) is 22.9. The monoisotopic (exact) mass is 201 g/mol. The minimum Gasteiger partial charge on any atom is -0.379 e. The van der Waals surface area contributed by atoms with Crippen molar-refractivity contribution in [1.29, 1.82) is 0 Å². The number of nitrogens with one attached hydrogen (secondary N) is 1. The first-order valence-electron chi connectivity index (χ1n) is 5.60. The van der Waals surface area contributed by atoms with Gasteiger partial charge in [-0.1, -0.05) is 6.92 Å². The van der Waals surface area contributed by atoms with E-state index in [1.807, 2.05) is 0 Å². The summed E-state index contributed by atoms with van der Waals surface area (Å²) in [7, 11) is 0. The molecule has 1 atom stereocenters. The van der Waals surface area contributed by atoms with Crippen LogP contribution >= 0.6 is 0 Å². The molecule has 3 nitrogen and oxygen atoms in total. The van der Waals surface area contributed by atoms with E-state index in [1.165, 1.54) is 6.42 Å². The van der Waals surface area contributed by atoms with Crippen LogP contribution in [-0.2, 0) is 9.47 Å². The van der Waals surface area contributed by atoms with Crippen LogP contribution in [0.2, 0.25) is 0 Å². The third-order valence-corrected chi connectivity index (χ3v) is 2.35. The van der Waals surface area contributed by atoms with Gasteiger partial charge in [-0.05, 0) is 33.2 Å². The van der Waals surface area contributed by atoms with Gasteiger partial charge in [0.15, 0.2) is 0 Å². The summed E-state index contributed by atoms with van der Waals surface area (Å²) < 4.78 is 11.2. The Hall–Kier alpha value is -0.120. The fourth-order valence-electron chi connectivity index (χ4n) is 1.66. The number of hydrogen-bond donors (Lipinski definition) is 1. The predicted octanol–water partition coefficient (Wildman–Crippen LogP) is 1.57. The molecule has 0 aliphatic carbocycles. The Labute approximate surface area is 87.2 Å². The van der Waals surface area contributed by atoms with Crippen molar-refractivity contribution in [2.75, 3.05) is 26.3 Å². The zero-order chi connectivity index (χ0) is 10.4. The predicted molar refractivity (Wildman–Crippen MR) is 57.5 cm³/mol. The van der Waals surface area contributed by atoms with Crippen molar-refractivity contribution < 1.29 is 9.47 Å². The summed E-state index contributed by atoms with van der Waals surface area (Å²) in [6.45, 7) is 10.0. The molecule has 1 unspecified atom stereocenters. The second-order valence-electron chi connectivity index (χ2n) is 4.54. The fraction of sp³-hybridized carbons (Fsp3) is 1.00.